The highest BCUT2D eigenvalue weighted by molar-refractivity contribution is 5.84. The fourth-order valence-corrected chi connectivity index (χ4v) is 4.70. The van der Waals surface area contributed by atoms with Gasteiger partial charge in [0.1, 0.15) is 19.1 Å². The maximum absolute atomic E-state index is 12.8. The van der Waals surface area contributed by atoms with Crippen LogP contribution in [-0.2, 0) is 19.1 Å². The van der Waals surface area contributed by atoms with Gasteiger partial charge in [-0.15, -0.1) is 0 Å². The van der Waals surface area contributed by atoms with Crippen molar-refractivity contribution in [3.8, 4) is 11.1 Å². The Kier molecular flexibility index (Phi) is 6.93. The van der Waals surface area contributed by atoms with Crippen molar-refractivity contribution >= 4 is 18.0 Å². The van der Waals surface area contributed by atoms with Crippen molar-refractivity contribution in [1.29, 1.82) is 0 Å². The predicted molar refractivity (Wildman–Crippen MR) is 121 cm³/mol. The van der Waals surface area contributed by atoms with E-state index in [1.54, 1.807) is 0 Å². The molecule has 2 N–H and O–H groups in total. The molecule has 4 rings (SSSR count). The molecule has 0 spiro atoms. The largest absolute Gasteiger partial charge is 0.481 e. The van der Waals surface area contributed by atoms with E-state index in [0.29, 0.717) is 13.0 Å². The minimum absolute atomic E-state index is 0.0672. The van der Waals surface area contributed by atoms with Gasteiger partial charge in [-0.2, -0.15) is 0 Å². The first-order chi connectivity index (χ1) is 16.0. The van der Waals surface area contributed by atoms with Crippen molar-refractivity contribution < 1.29 is 29.0 Å². The number of alkyl carbamates (subject to hydrolysis) is 1. The van der Waals surface area contributed by atoms with E-state index in [0.717, 1.165) is 22.3 Å². The van der Waals surface area contributed by atoms with Gasteiger partial charge >= 0.3 is 12.1 Å². The van der Waals surface area contributed by atoms with Gasteiger partial charge in [0.25, 0.3) is 0 Å². The van der Waals surface area contributed by atoms with E-state index in [-0.39, 0.29) is 38.2 Å². The van der Waals surface area contributed by atoms with Gasteiger partial charge in [-0.3, -0.25) is 9.59 Å². The summed E-state index contributed by atoms with van der Waals surface area (Å²) in [5, 5.41) is 11.9. The van der Waals surface area contributed by atoms with Gasteiger partial charge in [-0.25, -0.2) is 4.79 Å². The zero-order valence-electron chi connectivity index (χ0n) is 18.5. The average molecular weight is 453 g/mol. The summed E-state index contributed by atoms with van der Waals surface area (Å²) >= 11 is 0. The lowest BCUT2D eigenvalue weighted by atomic mass is 9.98. The zero-order chi connectivity index (χ0) is 23.4. The van der Waals surface area contributed by atoms with Crippen molar-refractivity contribution in [2.75, 3.05) is 32.9 Å². The summed E-state index contributed by atoms with van der Waals surface area (Å²) in [4.78, 5) is 38.2. The third-order valence-electron chi connectivity index (χ3n) is 6.28. The second kappa shape index (κ2) is 10.0. The first kappa shape index (κ1) is 22.8. The van der Waals surface area contributed by atoms with E-state index in [1.807, 2.05) is 43.3 Å². The first-order valence-electron chi connectivity index (χ1n) is 11.2. The lowest BCUT2D eigenvalue weighted by Gasteiger charge is -2.30. The minimum atomic E-state index is -0.990. The molecule has 0 aromatic heterocycles. The first-order valence-corrected chi connectivity index (χ1v) is 11.2. The van der Waals surface area contributed by atoms with Crippen LogP contribution in [0.1, 0.15) is 30.4 Å². The fourth-order valence-electron chi connectivity index (χ4n) is 4.70. The standard InChI is InChI=1S/C25H28N2O6/c1-2-11-27(22-15-32-13-21(22)24(29)30)23(28)12-26-25(31)33-14-20-18-9-5-3-7-16(18)17-8-4-6-10-19(17)20/h3-10,20-22H,2,11-15H2,1H3,(H,26,31)(H,29,30). The normalized spacial score (nSPS) is 18.9. The molecule has 2 atom stereocenters. The Hall–Kier alpha value is -3.39. The molecule has 0 saturated carbocycles. The van der Waals surface area contributed by atoms with Crippen LogP contribution in [0.4, 0.5) is 4.79 Å². The molecule has 1 aliphatic carbocycles. The quantitative estimate of drug-likeness (QED) is 0.638. The predicted octanol–water partition coefficient (Wildman–Crippen LogP) is 2.86. The summed E-state index contributed by atoms with van der Waals surface area (Å²) in [5.41, 5.74) is 4.49. The summed E-state index contributed by atoms with van der Waals surface area (Å²) in [6.07, 6.45) is -0.0152. The zero-order valence-corrected chi connectivity index (χ0v) is 18.5. The molecule has 2 aromatic carbocycles. The van der Waals surface area contributed by atoms with Crippen molar-refractivity contribution in [3.05, 3.63) is 59.7 Å². The molecule has 0 radical (unpaired) electrons. The van der Waals surface area contributed by atoms with E-state index >= 15 is 0 Å². The number of carboxylic acid groups (broad SMARTS) is 1. The molecule has 1 fully saturated rings. The fraction of sp³-hybridized carbons (Fsp3) is 0.400. The van der Waals surface area contributed by atoms with Crippen LogP contribution in [0.3, 0.4) is 0 Å². The number of aliphatic carboxylic acids is 1. The third-order valence-corrected chi connectivity index (χ3v) is 6.28. The van der Waals surface area contributed by atoms with Crippen molar-refractivity contribution in [3.63, 3.8) is 0 Å². The number of hydrogen-bond acceptors (Lipinski definition) is 5. The van der Waals surface area contributed by atoms with E-state index in [4.69, 9.17) is 9.47 Å². The Morgan fingerprint density at radius 1 is 1.06 bits per heavy atom. The van der Waals surface area contributed by atoms with Crippen LogP contribution in [0.25, 0.3) is 11.1 Å². The van der Waals surface area contributed by atoms with Gasteiger partial charge in [0, 0.05) is 12.5 Å². The van der Waals surface area contributed by atoms with E-state index in [1.165, 1.54) is 4.90 Å². The van der Waals surface area contributed by atoms with Crippen LogP contribution in [0.5, 0.6) is 0 Å². The SMILES string of the molecule is CCCN(C(=O)CNC(=O)OCC1c2ccccc2-c2ccccc21)C1COCC1C(=O)O. The van der Waals surface area contributed by atoms with Crippen LogP contribution in [0.15, 0.2) is 48.5 Å². The van der Waals surface area contributed by atoms with Crippen LogP contribution >= 0.6 is 0 Å². The maximum atomic E-state index is 12.8. The van der Waals surface area contributed by atoms with Crippen molar-refractivity contribution in [1.82, 2.24) is 10.2 Å². The topological polar surface area (TPSA) is 105 Å². The van der Waals surface area contributed by atoms with Crippen LogP contribution in [0.2, 0.25) is 0 Å². The van der Waals surface area contributed by atoms with Gasteiger partial charge in [0.2, 0.25) is 5.91 Å². The minimum Gasteiger partial charge on any atom is -0.481 e. The van der Waals surface area contributed by atoms with Crippen LogP contribution in [-0.4, -0.2) is 66.9 Å². The van der Waals surface area contributed by atoms with Crippen LogP contribution in [0, 0.1) is 5.92 Å². The van der Waals surface area contributed by atoms with Gasteiger partial charge in [0.05, 0.1) is 19.3 Å². The number of fused-ring (bicyclic) bond motifs is 3. The number of carboxylic acids is 1. The number of carbonyl (C=O) groups excluding carboxylic acids is 2. The van der Waals surface area contributed by atoms with Gasteiger partial charge in [0.15, 0.2) is 0 Å². The number of carbonyl (C=O) groups is 3. The summed E-state index contributed by atoms with van der Waals surface area (Å²) in [6, 6.07) is 15.6. The highest BCUT2D eigenvalue weighted by atomic mass is 16.5. The van der Waals surface area contributed by atoms with Gasteiger partial charge in [-0.1, -0.05) is 55.5 Å². The lowest BCUT2D eigenvalue weighted by Crippen LogP contribution is -2.50. The summed E-state index contributed by atoms with van der Waals surface area (Å²) in [6.45, 7) is 2.44. The Bertz CT molecular complexity index is 994. The maximum Gasteiger partial charge on any atom is 0.407 e. The number of ether oxygens (including phenoxy) is 2. The Morgan fingerprint density at radius 3 is 2.30 bits per heavy atom. The second-order valence-corrected chi connectivity index (χ2v) is 8.32. The lowest BCUT2D eigenvalue weighted by molar-refractivity contribution is -0.145. The number of nitrogens with one attached hydrogen (secondary N) is 1. The molecule has 2 aromatic rings. The Labute approximate surface area is 192 Å². The number of rotatable bonds is 8. The monoisotopic (exact) mass is 452 g/mol. The molecule has 2 unspecified atom stereocenters. The van der Waals surface area contributed by atoms with E-state index < -0.39 is 24.0 Å². The smallest absolute Gasteiger partial charge is 0.407 e. The van der Waals surface area contributed by atoms with Gasteiger partial charge in [-0.05, 0) is 28.7 Å². The molecule has 8 nitrogen and oxygen atoms in total. The molecule has 0 bridgehead atoms. The Morgan fingerprint density at radius 2 is 1.70 bits per heavy atom. The van der Waals surface area contributed by atoms with Crippen LogP contribution < -0.4 is 5.32 Å². The molecular formula is C25H28N2O6. The molecular weight excluding hydrogens is 424 g/mol. The van der Waals surface area contributed by atoms with Crippen molar-refractivity contribution in [2.24, 2.45) is 5.92 Å². The Balaban J connectivity index is 1.35. The summed E-state index contributed by atoms with van der Waals surface area (Å²) in [5.74, 6) is -2.18. The number of hydrogen-bond donors (Lipinski definition) is 2. The van der Waals surface area contributed by atoms with E-state index in [2.05, 4.69) is 17.4 Å². The molecule has 33 heavy (non-hydrogen) atoms. The second-order valence-electron chi connectivity index (χ2n) is 8.32. The molecule has 8 heteroatoms. The highest BCUT2D eigenvalue weighted by Crippen LogP contribution is 2.44. The summed E-state index contributed by atoms with van der Waals surface area (Å²) < 4.78 is 10.8. The molecule has 1 aliphatic heterocycles. The highest BCUT2D eigenvalue weighted by Gasteiger charge is 2.39. The average Bonchev–Trinajstić information content (AvgIpc) is 3.43. The number of amides is 2. The van der Waals surface area contributed by atoms with Gasteiger partial charge < -0.3 is 24.8 Å². The van der Waals surface area contributed by atoms with E-state index in [9.17, 15) is 19.5 Å². The van der Waals surface area contributed by atoms with Crippen molar-refractivity contribution in [2.45, 2.75) is 25.3 Å². The number of benzene rings is 2. The summed E-state index contributed by atoms with van der Waals surface area (Å²) in [7, 11) is 0. The molecule has 1 saturated heterocycles. The third kappa shape index (κ3) is 4.71. The molecule has 2 amide bonds. The molecule has 1 heterocycles. The number of nitrogens with zero attached hydrogens (tertiary/aromatic N) is 1. The molecule has 2 aliphatic rings. The molecule has 174 valence electrons.